The molecular weight excluding hydrogens is 264 g/mol. The van der Waals surface area contributed by atoms with E-state index in [0.717, 1.165) is 30.4 Å². The van der Waals surface area contributed by atoms with Gasteiger partial charge in [-0.3, -0.25) is 0 Å². The summed E-state index contributed by atoms with van der Waals surface area (Å²) >= 11 is 0. The van der Waals surface area contributed by atoms with Crippen LogP contribution in [0.3, 0.4) is 0 Å². The molecule has 2 rings (SSSR count). The van der Waals surface area contributed by atoms with Crippen LogP contribution in [0.2, 0.25) is 0 Å². The molecular formula is C16H22N4O. The quantitative estimate of drug-likeness (QED) is 0.793. The van der Waals surface area contributed by atoms with Crippen LogP contribution in [0.15, 0.2) is 36.7 Å². The van der Waals surface area contributed by atoms with E-state index in [0.29, 0.717) is 6.61 Å². The molecule has 0 fully saturated rings. The molecule has 5 heteroatoms. The number of rotatable bonds is 7. The topological polar surface area (TPSA) is 50.3 Å². The normalized spacial score (nSPS) is 10.4. The number of nitrogens with zero attached hydrogens (tertiary/aromatic N) is 3. The Morgan fingerprint density at radius 1 is 1.24 bits per heavy atom. The van der Waals surface area contributed by atoms with Crippen LogP contribution in [-0.2, 0) is 4.74 Å². The van der Waals surface area contributed by atoms with Crippen molar-refractivity contribution in [2.45, 2.75) is 13.8 Å². The Hall–Kier alpha value is -2.14. The van der Waals surface area contributed by atoms with Crippen molar-refractivity contribution in [1.29, 1.82) is 0 Å². The Kier molecular flexibility index (Phi) is 5.51. The highest BCUT2D eigenvalue weighted by Gasteiger charge is 2.09. The average Bonchev–Trinajstić information content (AvgIpc) is 2.49. The molecule has 0 radical (unpaired) electrons. The average molecular weight is 286 g/mol. The molecule has 0 aliphatic rings. The number of anilines is 3. The lowest BCUT2D eigenvalue weighted by Gasteiger charge is -2.22. The van der Waals surface area contributed by atoms with Crippen molar-refractivity contribution < 1.29 is 4.74 Å². The van der Waals surface area contributed by atoms with E-state index >= 15 is 0 Å². The Balaban J connectivity index is 2.20. The van der Waals surface area contributed by atoms with Crippen LogP contribution in [0.1, 0.15) is 12.5 Å². The third kappa shape index (κ3) is 4.16. The highest BCUT2D eigenvalue weighted by Crippen LogP contribution is 2.24. The number of methoxy groups -OCH3 is 1. The standard InChI is InChI=1S/C16H22N4O/c1-4-20(14-7-5-6-13(2)10-14)16-11-15(18-12-19-16)17-8-9-21-3/h5-7,10-12H,4,8-9H2,1-3H3,(H,17,18,19). The minimum Gasteiger partial charge on any atom is -0.383 e. The van der Waals surface area contributed by atoms with Gasteiger partial charge in [-0.15, -0.1) is 0 Å². The summed E-state index contributed by atoms with van der Waals surface area (Å²) in [4.78, 5) is 10.8. The van der Waals surface area contributed by atoms with Gasteiger partial charge in [0.2, 0.25) is 0 Å². The molecule has 1 aromatic carbocycles. The smallest absolute Gasteiger partial charge is 0.138 e. The van der Waals surface area contributed by atoms with Gasteiger partial charge in [0, 0.05) is 32.0 Å². The van der Waals surface area contributed by atoms with E-state index in [-0.39, 0.29) is 0 Å². The zero-order chi connectivity index (χ0) is 15.1. The molecule has 0 spiro atoms. The Morgan fingerprint density at radius 3 is 2.81 bits per heavy atom. The lowest BCUT2D eigenvalue weighted by molar-refractivity contribution is 0.210. The number of ether oxygens (including phenoxy) is 1. The first kappa shape index (κ1) is 15.3. The van der Waals surface area contributed by atoms with E-state index in [2.05, 4.69) is 58.3 Å². The van der Waals surface area contributed by atoms with Crippen molar-refractivity contribution >= 4 is 17.3 Å². The van der Waals surface area contributed by atoms with Crippen LogP contribution in [0, 0.1) is 6.92 Å². The second kappa shape index (κ2) is 7.59. The summed E-state index contributed by atoms with van der Waals surface area (Å²) in [7, 11) is 1.68. The first-order valence-corrected chi connectivity index (χ1v) is 7.13. The fourth-order valence-electron chi connectivity index (χ4n) is 2.15. The highest BCUT2D eigenvalue weighted by molar-refractivity contribution is 5.62. The molecule has 1 aromatic heterocycles. The van der Waals surface area contributed by atoms with Crippen molar-refractivity contribution in [3.05, 3.63) is 42.2 Å². The molecule has 1 N–H and O–H groups in total. The van der Waals surface area contributed by atoms with Crippen molar-refractivity contribution in [3.63, 3.8) is 0 Å². The van der Waals surface area contributed by atoms with Gasteiger partial charge in [-0.25, -0.2) is 9.97 Å². The Labute approximate surface area is 126 Å². The lowest BCUT2D eigenvalue weighted by atomic mass is 10.2. The SMILES string of the molecule is CCN(c1cccc(C)c1)c1cc(NCCOC)ncn1. The van der Waals surface area contributed by atoms with Crippen molar-refractivity contribution in [3.8, 4) is 0 Å². The van der Waals surface area contributed by atoms with Crippen LogP contribution in [0.25, 0.3) is 0 Å². The maximum absolute atomic E-state index is 5.03. The Bertz CT molecular complexity index is 574. The van der Waals surface area contributed by atoms with Gasteiger partial charge in [0.25, 0.3) is 0 Å². The summed E-state index contributed by atoms with van der Waals surface area (Å²) in [5.74, 6) is 1.70. The predicted molar refractivity (Wildman–Crippen MR) is 86.3 cm³/mol. The number of hydrogen-bond donors (Lipinski definition) is 1. The van der Waals surface area contributed by atoms with Crippen molar-refractivity contribution in [2.24, 2.45) is 0 Å². The summed E-state index contributed by atoms with van der Waals surface area (Å²) in [6, 6.07) is 10.4. The van der Waals surface area contributed by atoms with Crippen molar-refractivity contribution in [1.82, 2.24) is 9.97 Å². The van der Waals surface area contributed by atoms with Gasteiger partial charge in [0.05, 0.1) is 6.61 Å². The number of aryl methyl sites for hydroxylation is 1. The fraction of sp³-hybridized carbons (Fsp3) is 0.375. The van der Waals surface area contributed by atoms with Crippen LogP contribution in [-0.4, -0.2) is 36.8 Å². The third-order valence-electron chi connectivity index (χ3n) is 3.17. The molecule has 0 atom stereocenters. The predicted octanol–water partition coefficient (Wildman–Crippen LogP) is 3.00. The summed E-state index contributed by atoms with van der Waals surface area (Å²) in [5.41, 5.74) is 2.37. The minimum atomic E-state index is 0.648. The second-order valence-electron chi connectivity index (χ2n) is 4.76. The molecule has 1 heterocycles. The molecule has 0 saturated heterocycles. The number of aromatic nitrogens is 2. The molecule has 0 aliphatic carbocycles. The molecule has 0 saturated carbocycles. The maximum Gasteiger partial charge on any atom is 0.138 e. The monoisotopic (exact) mass is 286 g/mol. The zero-order valence-corrected chi connectivity index (χ0v) is 12.8. The van der Waals surface area contributed by atoms with Gasteiger partial charge in [0.1, 0.15) is 18.0 Å². The molecule has 0 aliphatic heterocycles. The first-order chi connectivity index (χ1) is 10.2. The molecule has 0 amide bonds. The number of nitrogens with one attached hydrogen (secondary N) is 1. The summed E-state index contributed by atoms with van der Waals surface area (Å²) < 4.78 is 5.03. The Morgan fingerprint density at radius 2 is 2.10 bits per heavy atom. The van der Waals surface area contributed by atoms with E-state index in [1.807, 2.05) is 6.07 Å². The summed E-state index contributed by atoms with van der Waals surface area (Å²) in [6.45, 7) is 6.42. The molecule has 112 valence electrons. The second-order valence-corrected chi connectivity index (χ2v) is 4.76. The van der Waals surface area contributed by atoms with Gasteiger partial charge in [-0.05, 0) is 31.5 Å². The highest BCUT2D eigenvalue weighted by atomic mass is 16.5. The van der Waals surface area contributed by atoms with Gasteiger partial charge in [-0.1, -0.05) is 12.1 Å². The minimum absolute atomic E-state index is 0.648. The third-order valence-corrected chi connectivity index (χ3v) is 3.17. The zero-order valence-electron chi connectivity index (χ0n) is 12.8. The van der Waals surface area contributed by atoms with Crippen LogP contribution < -0.4 is 10.2 Å². The van der Waals surface area contributed by atoms with Gasteiger partial charge < -0.3 is 15.0 Å². The van der Waals surface area contributed by atoms with Crippen LogP contribution in [0.5, 0.6) is 0 Å². The van der Waals surface area contributed by atoms with E-state index in [1.54, 1.807) is 13.4 Å². The van der Waals surface area contributed by atoms with Crippen LogP contribution in [0.4, 0.5) is 17.3 Å². The first-order valence-electron chi connectivity index (χ1n) is 7.13. The van der Waals surface area contributed by atoms with E-state index in [4.69, 9.17) is 4.74 Å². The molecule has 0 bridgehead atoms. The maximum atomic E-state index is 5.03. The van der Waals surface area contributed by atoms with E-state index in [9.17, 15) is 0 Å². The van der Waals surface area contributed by atoms with E-state index in [1.165, 1.54) is 5.56 Å². The van der Waals surface area contributed by atoms with Crippen molar-refractivity contribution in [2.75, 3.05) is 37.0 Å². The molecule has 2 aromatic rings. The van der Waals surface area contributed by atoms with Gasteiger partial charge in [0.15, 0.2) is 0 Å². The molecule has 5 nitrogen and oxygen atoms in total. The number of benzene rings is 1. The summed E-state index contributed by atoms with van der Waals surface area (Å²) in [5, 5.41) is 3.22. The molecule has 0 unspecified atom stereocenters. The van der Waals surface area contributed by atoms with E-state index < -0.39 is 0 Å². The lowest BCUT2D eigenvalue weighted by Crippen LogP contribution is -2.18. The summed E-state index contributed by atoms with van der Waals surface area (Å²) in [6.07, 6.45) is 1.59. The fourth-order valence-corrected chi connectivity index (χ4v) is 2.15. The van der Waals surface area contributed by atoms with Gasteiger partial charge >= 0.3 is 0 Å². The molecule has 21 heavy (non-hydrogen) atoms. The van der Waals surface area contributed by atoms with Crippen LogP contribution >= 0.6 is 0 Å². The largest absolute Gasteiger partial charge is 0.383 e. The number of hydrogen-bond acceptors (Lipinski definition) is 5. The van der Waals surface area contributed by atoms with Gasteiger partial charge in [-0.2, -0.15) is 0 Å².